The molecule has 0 N–H and O–H groups in total. The molecule has 2 saturated carbocycles. The molecule has 0 amide bonds. The molecule has 3 aliphatic carbocycles. The van der Waals surface area contributed by atoms with E-state index in [9.17, 15) is 0 Å². The van der Waals surface area contributed by atoms with E-state index in [4.69, 9.17) is 0 Å². The van der Waals surface area contributed by atoms with Crippen LogP contribution in [0, 0.1) is 11.8 Å². The predicted octanol–water partition coefficient (Wildman–Crippen LogP) is 9.16. The van der Waals surface area contributed by atoms with Crippen LogP contribution in [0.3, 0.4) is 0 Å². The quantitative estimate of drug-likeness (QED) is 0.352. The van der Waals surface area contributed by atoms with Crippen molar-refractivity contribution in [3.8, 4) is 0 Å². The Labute approximate surface area is 206 Å². The Kier molecular flexibility index (Phi) is 9.77. The Hall–Kier alpha value is -1.63. The van der Waals surface area contributed by atoms with E-state index in [1.807, 2.05) is 55.4 Å². The van der Waals surface area contributed by atoms with Crippen molar-refractivity contribution < 1.29 is 4.57 Å². The van der Waals surface area contributed by atoms with Gasteiger partial charge in [-0.05, 0) is 48.8 Å². The molecule has 5 atom stereocenters. The molecule has 1 aromatic carbocycles. The first kappa shape index (κ1) is 27.6. The predicted molar refractivity (Wildman–Crippen MR) is 145 cm³/mol. The molecular weight excluding hydrogens is 398 g/mol. The van der Waals surface area contributed by atoms with Gasteiger partial charge < -0.3 is 0 Å². The van der Waals surface area contributed by atoms with Crippen molar-refractivity contribution in [1.82, 2.24) is 0 Å². The standard InChI is InChI=1S/C23H24N.4C2H6.CH4/c1-5-14-13-15-6-2-12-21-18-9-4-11-20(18)23(24(15)21)19-10-3-7-16(19)17(8-1)22(14)23;4*1-2;/h1-2,5-6,8,12,16,18-20H,3-4,7,9-11,13H2;4*1-2H3;1H4/q+1;;;;;. The third-order valence-electron chi connectivity index (χ3n) is 8.37. The number of aromatic nitrogens is 1. The van der Waals surface area contributed by atoms with Crippen LogP contribution >= 0.6 is 0 Å². The van der Waals surface area contributed by atoms with Crippen LogP contribution < -0.4 is 4.57 Å². The first-order valence-corrected chi connectivity index (χ1v) is 14.1. The highest BCUT2D eigenvalue weighted by atomic mass is 15.2. The number of benzene rings is 1. The normalized spacial score (nSPS) is 29.5. The minimum Gasteiger partial charge on any atom is -0.189 e. The molecule has 1 aromatic heterocycles. The maximum Gasteiger partial charge on any atom is 0.201 e. The SMILES string of the molecule is C.CC.CC.CC.CC.c1cc2c3c(c1)C1CCCC1C31C3CCCC3c3cccc([n+]31)C2. The summed E-state index contributed by atoms with van der Waals surface area (Å²) >= 11 is 0. The fourth-order valence-corrected chi connectivity index (χ4v) is 8.00. The lowest BCUT2D eigenvalue weighted by atomic mass is 9.68. The second-order valence-corrected chi connectivity index (χ2v) is 8.95. The Morgan fingerprint density at radius 2 is 1.27 bits per heavy atom. The van der Waals surface area contributed by atoms with Crippen LogP contribution in [-0.2, 0) is 12.0 Å². The van der Waals surface area contributed by atoms with Gasteiger partial charge in [-0.3, -0.25) is 0 Å². The summed E-state index contributed by atoms with van der Waals surface area (Å²) < 4.78 is 2.91. The molecule has 0 saturated heterocycles. The van der Waals surface area contributed by atoms with Crippen molar-refractivity contribution in [2.24, 2.45) is 11.8 Å². The summed E-state index contributed by atoms with van der Waals surface area (Å²) in [5.74, 6) is 3.40. The molecule has 1 heteroatoms. The van der Waals surface area contributed by atoms with Gasteiger partial charge >= 0.3 is 0 Å². The summed E-state index contributed by atoms with van der Waals surface area (Å²) in [5, 5.41) is 0. The lowest BCUT2D eigenvalue weighted by Gasteiger charge is -2.37. The molecule has 184 valence electrons. The topological polar surface area (TPSA) is 3.88 Å². The van der Waals surface area contributed by atoms with Crippen molar-refractivity contribution in [3.05, 3.63) is 64.5 Å². The molecule has 7 rings (SSSR count). The number of hydrogen-bond donors (Lipinski definition) is 0. The second-order valence-electron chi connectivity index (χ2n) is 8.95. The van der Waals surface area contributed by atoms with Crippen molar-refractivity contribution >= 4 is 0 Å². The van der Waals surface area contributed by atoms with Gasteiger partial charge in [-0.1, -0.05) is 93.9 Å². The third kappa shape index (κ3) is 3.60. The third-order valence-corrected chi connectivity index (χ3v) is 8.37. The molecule has 2 aromatic rings. The molecular formula is C32H52N+. The van der Waals surface area contributed by atoms with E-state index in [0.717, 1.165) is 30.1 Å². The summed E-state index contributed by atoms with van der Waals surface area (Å²) in [7, 11) is 0. The Morgan fingerprint density at radius 1 is 0.697 bits per heavy atom. The minimum atomic E-state index is 0. The van der Waals surface area contributed by atoms with Gasteiger partial charge in [0.05, 0.1) is 12.3 Å². The van der Waals surface area contributed by atoms with E-state index in [2.05, 4.69) is 41.0 Å². The average Bonchev–Trinajstić information content (AvgIpc) is 3.65. The van der Waals surface area contributed by atoms with Gasteiger partial charge in [-0.2, -0.15) is 4.57 Å². The smallest absolute Gasteiger partial charge is 0.189 e. The van der Waals surface area contributed by atoms with Crippen molar-refractivity contribution in [2.75, 3.05) is 0 Å². The first-order chi connectivity index (χ1) is 15.9. The summed E-state index contributed by atoms with van der Waals surface area (Å²) in [4.78, 5) is 0. The van der Waals surface area contributed by atoms with Gasteiger partial charge in [0.15, 0.2) is 11.4 Å². The van der Waals surface area contributed by atoms with Crippen LogP contribution in [0.2, 0.25) is 0 Å². The maximum atomic E-state index is 2.91. The zero-order chi connectivity index (χ0) is 23.5. The highest BCUT2D eigenvalue weighted by Crippen LogP contribution is 2.67. The van der Waals surface area contributed by atoms with E-state index < -0.39 is 0 Å². The van der Waals surface area contributed by atoms with Crippen molar-refractivity contribution in [2.45, 2.75) is 125 Å². The van der Waals surface area contributed by atoms with Gasteiger partial charge in [-0.15, -0.1) is 0 Å². The number of nitrogens with zero attached hydrogens (tertiary/aromatic N) is 1. The van der Waals surface area contributed by atoms with Gasteiger partial charge in [0.2, 0.25) is 5.54 Å². The molecule has 33 heavy (non-hydrogen) atoms. The summed E-state index contributed by atoms with van der Waals surface area (Å²) in [6, 6.07) is 14.5. The molecule has 1 spiro atoms. The largest absolute Gasteiger partial charge is 0.201 e. The Morgan fingerprint density at radius 3 is 1.94 bits per heavy atom. The van der Waals surface area contributed by atoms with Gasteiger partial charge in [0.1, 0.15) is 0 Å². The fraction of sp³-hybridized carbons (Fsp3) is 0.656. The monoisotopic (exact) mass is 450 g/mol. The van der Waals surface area contributed by atoms with Crippen LogP contribution in [0.15, 0.2) is 36.4 Å². The van der Waals surface area contributed by atoms with E-state index in [0.29, 0.717) is 5.54 Å². The molecule has 0 radical (unpaired) electrons. The van der Waals surface area contributed by atoms with Crippen molar-refractivity contribution in [3.63, 3.8) is 0 Å². The van der Waals surface area contributed by atoms with Gasteiger partial charge in [0, 0.05) is 29.5 Å². The molecule has 2 fully saturated rings. The van der Waals surface area contributed by atoms with Crippen LogP contribution in [-0.4, -0.2) is 0 Å². The van der Waals surface area contributed by atoms with Crippen LogP contribution in [0.4, 0.5) is 0 Å². The lowest BCUT2D eigenvalue weighted by Crippen LogP contribution is -2.64. The van der Waals surface area contributed by atoms with Gasteiger partial charge in [0.25, 0.3) is 0 Å². The molecule has 1 nitrogen and oxygen atoms in total. The zero-order valence-electron chi connectivity index (χ0n) is 22.2. The molecule has 2 aliphatic heterocycles. The van der Waals surface area contributed by atoms with E-state index in [1.165, 1.54) is 38.5 Å². The average molecular weight is 451 g/mol. The zero-order valence-corrected chi connectivity index (χ0v) is 22.2. The number of rotatable bonds is 0. The molecule has 5 aliphatic rings. The summed E-state index contributed by atoms with van der Waals surface area (Å²) in [6.45, 7) is 16.0. The van der Waals surface area contributed by atoms with E-state index >= 15 is 0 Å². The highest BCUT2D eigenvalue weighted by molar-refractivity contribution is 5.52. The number of fused-ring (bicyclic) bond motifs is 4. The molecule has 3 heterocycles. The number of hydrogen-bond acceptors (Lipinski definition) is 0. The summed E-state index contributed by atoms with van der Waals surface area (Å²) in [5.41, 5.74) is 8.82. The Bertz CT molecular complexity index is 822. The second kappa shape index (κ2) is 11.7. The molecule has 0 bridgehead atoms. The highest BCUT2D eigenvalue weighted by Gasteiger charge is 2.72. The van der Waals surface area contributed by atoms with Crippen LogP contribution in [0.5, 0.6) is 0 Å². The first-order valence-electron chi connectivity index (χ1n) is 14.1. The van der Waals surface area contributed by atoms with E-state index in [1.54, 1.807) is 28.1 Å². The van der Waals surface area contributed by atoms with Gasteiger partial charge in [-0.25, -0.2) is 0 Å². The summed E-state index contributed by atoms with van der Waals surface area (Å²) in [6.07, 6.45) is 9.78. The van der Waals surface area contributed by atoms with Crippen LogP contribution in [0.1, 0.15) is 141 Å². The minimum absolute atomic E-state index is 0. The number of pyridine rings is 1. The Balaban J connectivity index is 0.000000392. The fourth-order valence-electron chi connectivity index (χ4n) is 8.00. The van der Waals surface area contributed by atoms with E-state index in [-0.39, 0.29) is 7.43 Å². The van der Waals surface area contributed by atoms with Crippen molar-refractivity contribution in [1.29, 1.82) is 0 Å². The van der Waals surface area contributed by atoms with Crippen LogP contribution in [0.25, 0.3) is 0 Å². The maximum absolute atomic E-state index is 2.91. The molecule has 5 unspecified atom stereocenters. The lowest BCUT2D eigenvalue weighted by molar-refractivity contribution is -0.767.